The molecule has 2 aromatic carbocycles. The van der Waals surface area contributed by atoms with E-state index >= 15 is 0 Å². The molecule has 2 aromatic rings. The molecule has 2 saturated heterocycles. The zero-order valence-corrected chi connectivity index (χ0v) is 17.5. The zero-order chi connectivity index (χ0) is 21.5. The molecule has 0 saturated carbocycles. The minimum absolute atomic E-state index is 0.126. The molecule has 31 heavy (non-hydrogen) atoms. The molecule has 164 valence electrons. The smallest absolute Gasteiger partial charge is 0.252 e. The van der Waals surface area contributed by atoms with E-state index in [9.17, 15) is 9.59 Å². The summed E-state index contributed by atoms with van der Waals surface area (Å²) in [6, 6.07) is 15.5. The molecule has 2 amide bonds. The highest BCUT2D eigenvalue weighted by Gasteiger charge is 2.29. The molecule has 1 N–H and O–H groups in total. The largest absolute Gasteiger partial charge is 0.491 e. The molecule has 7 heteroatoms. The second-order valence-corrected chi connectivity index (χ2v) is 7.73. The predicted molar refractivity (Wildman–Crippen MR) is 115 cm³/mol. The standard InChI is InChI=1S/C24H28N2O5/c27-23(19-8-10-20(11-9-19)31-17-21-7-4-14-30-21)25-22(18-5-2-1-3-6-18)24(28)26-12-15-29-16-13-26/h1-3,5-6,8-11,21-22H,4,7,12-17H2,(H,25,27). The fourth-order valence-corrected chi connectivity index (χ4v) is 3.78. The molecule has 2 fully saturated rings. The summed E-state index contributed by atoms with van der Waals surface area (Å²) in [5, 5.41) is 2.91. The first-order valence-electron chi connectivity index (χ1n) is 10.8. The Morgan fingerprint density at radius 3 is 2.45 bits per heavy atom. The number of morpholine rings is 1. The number of hydrogen-bond acceptors (Lipinski definition) is 5. The highest BCUT2D eigenvalue weighted by atomic mass is 16.5. The van der Waals surface area contributed by atoms with Crippen molar-refractivity contribution in [2.24, 2.45) is 0 Å². The quantitative estimate of drug-likeness (QED) is 0.739. The van der Waals surface area contributed by atoms with E-state index in [-0.39, 0.29) is 17.9 Å². The molecule has 2 atom stereocenters. The van der Waals surface area contributed by atoms with Gasteiger partial charge >= 0.3 is 0 Å². The first kappa shape index (κ1) is 21.3. The van der Waals surface area contributed by atoms with Crippen molar-refractivity contribution in [1.29, 1.82) is 0 Å². The van der Waals surface area contributed by atoms with E-state index < -0.39 is 6.04 Å². The Hall–Kier alpha value is -2.90. The summed E-state index contributed by atoms with van der Waals surface area (Å²) in [7, 11) is 0. The van der Waals surface area contributed by atoms with E-state index in [1.807, 2.05) is 30.3 Å². The van der Waals surface area contributed by atoms with Gasteiger partial charge in [0.1, 0.15) is 18.4 Å². The number of carbonyl (C=O) groups is 2. The number of nitrogens with one attached hydrogen (secondary N) is 1. The summed E-state index contributed by atoms with van der Waals surface area (Å²) in [5.74, 6) is 0.261. The van der Waals surface area contributed by atoms with Gasteiger partial charge in [-0.25, -0.2) is 0 Å². The number of hydrogen-bond donors (Lipinski definition) is 1. The third-order valence-corrected chi connectivity index (χ3v) is 5.55. The summed E-state index contributed by atoms with van der Waals surface area (Å²) in [5.41, 5.74) is 1.23. The molecular formula is C24H28N2O5. The molecule has 0 spiro atoms. The number of rotatable bonds is 7. The van der Waals surface area contributed by atoms with Crippen molar-refractivity contribution < 1.29 is 23.8 Å². The second-order valence-electron chi connectivity index (χ2n) is 7.73. The normalized spacial score (nSPS) is 19.6. The lowest BCUT2D eigenvalue weighted by Gasteiger charge is -2.31. The van der Waals surface area contributed by atoms with Crippen LogP contribution in [-0.4, -0.2) is 62.3 Å². The van der Waals surface area contributed by atoms with Crippen LogP contribution in [0.4, 0.5) is 0 Å². The Balaban J connectivity index is 1.42. The molecule has 7 nitrogen and oxygen atoms in total. The number of nitrogens with zero attached hydrogens (tertiary/aromatic N) is 1. The van der Waals surface area contributed by atoms with Gasteiger partial charge in [-0.05, 0) is 42.7 Å². The van der Waals surface area contributed by atoms with E-state index in [0.29, 0.717) is 44.2 Å². The molecule has 2 heterocycles. The predicted octanol–water partition coefficient (Wildman–Crippen LogP) is 2.57. The minimum atomic E-state index is -0.748. The summed E-state index contributed by atoms with van der Waals surface area (Å²) in [6.07, 6.45) is 2.22. The summed E-state index contributed by atoms with van der Waals surface area (Å²) < 4.78 is 16.7. The number of benzene rings is 2. The van der Waals surface area contributed by atoms with Crippen LogP contribution in [0.3, 0.4) is 0 Å². The summed E-state index contributed by atoms with van der Waals surface area (Å²) in [6.45, 7) is 3.36. The maximum atomic E-state index is 13.2. The van der Waals surface area contributed by atoms with E-state index in [4.69, 9.17) is 14.2 Å². The lowest BCUT2D eigenvalue weighted by Crippen LogP contribution is -2.47. The van der Waals surface area contributed by atoms with Gasteiger partial charge in [-0.15, -0.1) is 0 Å². The van der Waals surface area contributed by atoms with Crippen molar-refractivity contribution in [3.05, 3.63) is 65.7 Å². The topological polar surface area (TPSA) is 77.1 Å². The molecule has 0 aliphatic carbocycles. The average Bonchev–Trinajstić information content (AvgIpc) is 3.36. The van der Waals surface area contributed by atoms with Crippen LogP contribution in [0.2, 0.25) is 0 Å². The summed E-state index contributed by atoms with van der Waals surface area (Å²) in [4.78, 5) is 27.8. The van der Waals surface area contributed by atoms with Gasteiger partial charge in [-0.2, -0.15) is 0 Å². The van der Waals surface area contributed by atoms with Gasteiger partial charge in [0.05, 0.1) is 19.3 Å². The fraction of sp³-hybridized carbons (Fsp3) is 0.417. The SMILES string of the molecule is O=C(NC(C(=O)N1CCOCC1)c1ccccc1)c1ccc(OCC2CCCO2)cc1. The summed E-state index contributed by atoms with van der Waals surface area (Å²) >= 11 is 0. The Bertz CT molecular complexity index is 859. The van der Waals surface area contributed by atoms with E-state index in [2.05, 4.69) is 5.32 Å². The molecule has 2 unspecified atom stereocenters. The van der Waals surface area contributed by atoms with Gasteiger partial charge in [0.15, 0.2) is 0 Å². The Labute approximate surface area is 182 Å². The molecule has 2 aliphatic rings. The van der Waals surface area contributed by atoms with Gasteiger partial charge in [0, 0.05) is 25.3 Å². The van der Waals surface area contributed by atoms with Gasteiger partial charge in [-0.3, -0.25) is 9.59 Å². The van der Waals surface area contributed by atoms with Crippen molar-refractivity contribution in [1.82, 2.24) is 10.2 Å². The van der Waals surface area contributed by atoms with Gasteiger partial charge in [-0.1, -0.05) is 30.3 Å². The van der Waals surface area contributed by atoms with E-state index in [0.717, 1.165) is 25.0 Å². The van der Waals surface area contributed by atoms with Crippen molar-refractivity contribution in [2.45, 2.75) is 25.0 Å². The highest BCUT2D eigenvalue weighted by molar-refractivity contribution is 5.98. The van der Waals surface area contributed by atoms with Crippen LogP contribution in [-0.2, 0) is 14.3 Å². The fourth-order valence-electron chi connectivity index (χ4n) is 3.78. The van der Waals surface area contributed by atoms with Crippen LogP contribution in [0.15, 0.2) is 54.6 Å². The Morgan fingerprint density at radius 1 is 1.03 bits per heavy atom. The first-order valence-corrected chi connectivity index (χ1v) is 10.8. The lowest BCUT2D eigenvalue weighted by atomic mass is 10.0. The minimum Gasteiger partial charge on any atom is -0.491 e. The number of carbonyl (C=O) groups excluding carboxylic acids is 2. The third kappa shape index (κ3) is 5.62. The lowest BCUT2D eigenvalue weighted by molar-refractivity contribution is -0.137. The van der Waals surface area contributed by atoms with Gasteiger partial charge in [0.25, 0.3) is 5.91 Å². The van der Waals surface area contributed by atoms with Crippen molar-refractivity contribution >= 4 is 11.8 Å². The molecule has 0 radical (unpaired) electrons. The molecule has 2 aliphatic heterocycles. The van der Waals surface area contributed by atoms with Gasteiger partial charge < -0.3 is 24.4 Å². The van der Waals surface area contributed by atoms with E-state index in [1.54, 1.807) is 29.2 Å². The van der Waals surface area contributed by atoms with Crippen LogP contribution >= 0.6 is 0 Å². The molecule has 0 bridgehead atoms. The Kier molecular flexibility index (Phi) is 7.17. The third-order valence-electron chi connectivity index (χ3n) is 5.55. The van der Waals surface area contributed by atoms with Crippen LogP contribution in [0, 0.1) is 0 Å². The van der Waals surface area contributed by atoms with Crippen LogP contribution in [0.5, 0.6) is 5.75 Å². The number of ether oxygens (including phenoxy) is 3. The van der Waals surface area contributed by atoms with Crippen LogP contribution < -0.4 is 10.1 Å². The Morgan fingerprint density at radius 2 is 1.77 bits per heavy atom. The first-order chi connectivity index (χ1) is 15.2. The molecule has 0 aromatic heterocycles. The van der Waals surface area contributed by atoms with Crippen LogP contribution in [0.1, 0.15) is 34.8 Å². The van der Waals surface area contributed by atoms with Crippen molar-refractivity contribution in [2.75, 3.05) is 39.5 Å². The molecule has 4 rings (SSSR count). The van der Waals surface area contributed by atoms with Gasteiger partial charge in [0.2, 0.25) is 5.91 Å². The second kappa shape index (κ2) is 10.4. The average molecular weight is 424 g/mol. The monoisotopic (exact) mass is 424 g/mol. The van der Waals surface area contributed by atoms with Crippen molar-refractivity contribution in [3.63, 3.8) is 0 Å². The highest BCUT2D eigenvalue weighted by Crippen LogP contribution is 2.20. The number of amides is 2. The van der Waals surface area contributed by atoms with Crippen LogP contribution in [0.25, 0.3) is 0 Å². The van der Waals surface area contributed by atoms with Crippen molar-refractivity contribution in [3.8, 4) is 5.75 Å². The molecular weight excluding hydrogens is 396 g/mol. The van der Waals surface area contributed by atoms with E-state index in [1.165, 1.54) is 0 Å². The maximum absolute atomic E-state index is 13.2. The maximum Gasteiger partial charge on any atom is 0.252 e. The zero-order valence-electron chi connectivity index (χ0n) is 17.5.